The third-order valence-corrected chi connectivity index (χ3v) is 2.73. The van der Waals surface area contributed by atoms with Gasteiger partial charge in [0.25, 0.3) is 0 Å². The third-order valence-electron chi connectivity index (χ3n) is 2.73. The average Bonchev–Trinajstić information content (AvgIpc) is 3.12. The summed E-state index contributed by atoms with van der Waals surface area (Å²) in [6, 6.07) is 4.58. The molecule has 1 heterocycles. The van der Waals surface area contributed by atoms with Gasteiger partial charge in [-0.3, -0.25) is 10.1 Å². The van der Waals surface area contributed by atoms with Crippen LogP contribution in [0.15, 0.2) is 12.1 Å². The van der Waals surface area contributed by atoms with Gasteiger partial charge in [0.05, 0.1) is 4.92 Å². The van der Waals surface area contributed by atoms with Crippen LogP contribution in [-0.2, 0) is 0 Å². The highest BCUT2D eigenvalue weighted by atomic mass is 16.6. The average molecular weight is 232 g/mol. The molecular weight excluding hydrogens is 220 g/mol. The monoisotopic (exact) mass is 232 g/mol. The lowest BCUT2D eigenvalue weighted by Crippen LogP contribution is -2.05. The highest BCUT2D eigenvalue weighted by Gasteiger charge is 2.20. The van der Waals surface area contributed by atoms with Crippen molar-refractivity contribution in [2.75, 3.05) is 11.9 Å². The fourth-order valence-electron chi connectivity index (χ4n) is 1.59. The second-order valence-corrected chi connectivity index (χ2v) is 4.09. The summed E-state index contributed by atoms with van der Waals surface area (Å²) in [5, 5.41) is 22.4. The van der Waals surface area contributed by atoms with Crippen LogP contribution < -0.4 is 5.32 Å². The van der Waals surface area contributed by atoms with Crippen molar-refractivity contribution in [3.05, 3.63) is 27.9 Å². The molecule has 17 heavy (non-hydrogen) atoms. The zero-order chi connectivity index (χ0) is 12.3. The molecule has 1 aliphatic carbocycles. The Bertz CT molecular complexity index is 477. The Kier molecular flexibility index (Phi) is 3.19. The first-order valence-corrected chi connectivity index (χ1v) is 5.50. The van der Waals surface area contributed by atoms with E-state index in [1.165, 1.54) is 25.0 Å². The number of aromatic nitrogens is 1. The SMILES string of the molecule is N#Cc1nc(NCCC2CC2)ccc1[N+](=O)[O-]. The Balaban J connectivity index is 2.02. The maximum atomic E-state index is 10.6. The van der Waals surface area contributed by atoms with Crippen LogP contribution in [0.4, 0.5) is 11.5 Å². The van der Waals surface area contributed by atoms with E-state index in [9.17, 15) is 10.1 Å². The van der Waals surface area contributed by atoms with E-state index in [2.05, 4.69) is 10.3 Å². The van der Waals surface area contributed by atoms with E-state index in [-0.39, 0.29) is 11.4 Å². The molecular formula is C11H12N4O2. The van der Waals surface area contributed by atoms with E-state index in [4.69, 9.17) is 5.26 Å². The number of nitrogens with one attached hydrogen (secondary N) is 1. The first-order valence-electron chi connectivity index (χ1n) is 5.50. The quantitative estimate of drug-likeness (QED) is 0.619. The molecule has 2 rings (SSSR count). The van der Waals surface area contributed by atoms with Crippen LogP contribution in [-0.4, -0.2) is 16.5 Å². The lowest BCUT2D eigenvalue weighted by molar-refractivity contribution is -0.385. The highest BCUT2D eigenvalue weighted by Crippen LogP contribution is 2.32. The second-order valence-electron chi connectivity index (χ2n) is 4.09. The fourth-order valence-corrected chi connectivity index (χ4v) is 1.59. The summed E-state index contributed by atoms with van der Waals surface area (Å²) in [6.45, 7) is 0.792. The van der Waals surface area contributed by atoms with Crippen LogP contribution in [0.2, 0.25) is 0 Å². The van der Waals surface area contributed by atoms with Gasteiger partial charge in [-0.2, -0.15) is 5.26 Å². The molecule has 1 aliphatic rings. The minimum atomic E-state index is -0.598. The lowest BCUT2D eigenvalue weighted by Gasteiger charge is -2.04. The zero-order valence-corrected chi connectivity index (χ0v) is 9.22. The molecule has 0 spiro atoms. The maximum absolute atomic E-state index is 10.6. The van der Waals surface area contributed by atoms with Crippen molar-refractivity contribution in [2.45, 2.75) is 19.3 Å². The van der Waals surface area contributed by atoms with E-state index in [0.717, 1.165) is 18.9 Å². The van der Waals surface area contributed by atoms with Crippen LogP contribution in [0.5, 0.6) is 0 Å². The van der Waals surface area contributed by atoms with Crippen molar-refractivity contribution in [2.24, 2.45) is 5.92 Å². The molecule has 0 aliphatic heterocycles. The highest BCUT2D eigenvalue weighted by molar-refractivity contribution is 5.50. The molecule has 0 atom stereocenters. The molecule has 0 unspecified atom stereocenters. The van der Waals surface area contributed by atoms with Gasteiger partial charge in [0.2, 0.25) is 5.69 Å². The van der Waals surface area contributed by atoms with Crippen LogP contribution in [0.25, 0.3) is 0 Å². The fraction of sp³-hybridized carbons (Fsp3) is 0.455. The zero-order valence-electron chi connectivity index (χ0n) is 9.22. The first kappa shape index (κ1) is 11.3. The number of hydrogen-bond donors (Lipinski definition) is 1. The topological polar surface area (TPSA) is 91.8 Å². The predicted octanol–water partition coefficient (Wildman–Crippen LogP) is 2.07. The Morgan fingerprint density at radius 2 is 2.35 bits per heavy atom. The summed E-state index contributed by atoms with van der Waals surface area (Å²) < 4.78 is 0. The molecule has 88 valence electrons. The van der Waals surface area contributed by atoms with Crippen LogP contribution >= 0.6 is 0 Å². The summed E-state index contributed by atoms with van der Waals surface area (Å²) in [5.41, 5.74) is -0.397. The molecule has 1 fully saturated rings. The number of nitro groups is 1. The van der Waals surface area contributed by atoms with E-state index in [1.54, 1.807) is 6.07 Å². The number of hydrogen-bond acceptors (Lipinski definition) is 5. The Morgan fingerprint density at radius 1 is 1.59 bits per heavy atom. The Labute approximate surface area is 98.4 Å². The van der Waals surface area contributed by atoms with Gasteiger partial charge in [0, 0.05) is 12.6 Å². The van der Waals surface area contributed by atoms with Crippen molar-refractivity contribution < 1.29 is 4.92 Å². The van der Waals surface area contributed by atoms with Gasteiger partial charge in [-0.05, 0) is 18.4 Å². The number of anilines is 1. The van der Waals surface area contributed by atoms with Gasteiger partial charge in [0.1, 0.15) is 11.9 Å². The van der Waals surface area contributed by atoms with Crippen LogP contribution in [0, 0.1) is 27.4 Å². The van der Waals surface area contributed by atoms with E-state index >= 15 is 0 Å². The second kappa shape index (κ2) is 4.78. The molecule has 1 N–H and O–H groups in total. The summed E-state index contributed by atoms with van der Waals surface area (Å²) in [6.07, 6.45) is 3.66. The van der Waals surface area contributed by atoms with Crippen LogP contribution in [0.3, 0.4) is 0 Å². The smallest absolute Gasteiger partial charge is 0.305 e. The molecule has 0 radical (unpaired) electrons. The summed E-state index contributed by atoms with van der Waals surface area (Å²) in [7, 11) is 0. The van der Waals surface area contributed by atoms with Gasteiger partial charge in [-0.1, -0.05) is 12.8 Å². The largest absolute Gasteiger partial charge is 0.370 e. The standard InChI is InChI=1S/C11H12N4O2/c12-7-9-10(15(16)17)3-4-11(14-9)13-6-5-8-1-2-8/h3-4,8H,1-2,5-6H2,(H,13,14). The number of nitriles is 1. The van der Waals surface area contributed by atoms with Crippen molar-refractivity contribution >= 4 is 11.5 Å². The number of nitrogens with zero attached hydrogens (tertiary/aromatic N) is 3. The van der Waals surface area contributed by atoms with Gasteiger partial charge in [-0.15, -0.1) is 0 Å². The predicted molar refractivity (Wildman–Crippen MR) is 61.4 cm³/mol. The third kappa shape index (κ3) is 2.91. The lowest BCUT2D eigenvalue weighted by atomic mass is 10.3. The van der Waals surface area contributed by atoms with Gasteiger partial charge >= 0.3 is 5.69 Å². The van der Waals surface area contributed by atoms with E-state index in [0.29, 0.717) is 5.82 Å². The minimum Gasteiger partial charge on any atom is -0.370 e. The van der Waals surface area contributed by atoms with Crippen LogP contribution in [0.1, 0.15) is 25.0 Å². The van der Waals surface area contributed by atoms with Crippen molar-refractivity contribution in [1.82, 2.24) is 4.98 Å². The van der Waals surface area contributed by atoms with Gasteiger partial charge in [0.15, 0.2) is 0 Å². The summed E-state index contributed by atoms with van der Waals surface area (Å²) in [4.78, 5) is 13.9. The molecule has 1 aromatic rings. The molecule has 0 bridgehead atoms. The minimum absolute atomic E-state index is 0.147. The van der Waals surface area contributed by atoms with Gasteiger partial charge < -0.3 is 5.32 Å². The van der Waals surface area contributed by atoms with Crippen molar-refractivity contribution in [3.63, 3.8) is 0 Å². The summed E-state index contributed by atoms with van der Waals surface area (Å²) >= 11 is 0. The number of rotatable bonds is 5. The van der Waals surface area contributed by atoms with E-state index < -0.39 is 4.92 Å². The normalized spacial score (nSPS) is 14.1. The molecule has 0 aromatic carbocycles. The maximum Gasteiger partial charge on any atom is 0.305 e. The molecule has 1 aromatic heterocycles. The number of pyridine rings is 1. The summed E-state index contributed by atoms with van der Waals surface area (Å²) in [5.74, 6) is 1.34. The molecule has 6 heteroatoms. The van der Waals surface area contributed by atoms with E-state index in [1.807, 2.05) is 0 Å². The Hall–Kier alpha value is -2.16. The molecule has 0 saturated heterocycles. The van der Waals surface area contributed by atoms with Crippen molar-refractivity contribution in [1.29, 1.82) is 5.26 Å². The molecule has 1 saturated carbocycles. The molecule has 6 nitrogen and oxygen atoms in total. The molecule has 0 amide bonds. The first-order chi connectivity index (χ1) is 8.20. The van der Waals surface area contributed by atoms with Crippen molar-refractivity contribution in [3.8, 4) is 6.07 Å². The van der Waals surface area contributed by atoms with Gasteiger partial charge in [-0.25, -0.2) is 4.98 Å². The Morgan fingerprint density at radius 3 is 2.94 bits per heavy atom.